The predicted octanol–water partition coefficient (Wildman–Crippen LogP) is 3.50. The van der Waals surface area contributed by atoms with Gasteiger partial charge in [-0.2, -0.15) is 0 Å². The smallest absolute Gasteiger partial charge is 0.338 e. The summed E-state index contributed by atoms with van der Waals surface area (Å²) >= 11 is 5.94. The van der Waals surface area contributed by atoms with Gasteiger partial charge in [0.25, 0.3) is 11.6 Å². The normalized spacial score (nSPS) is 11.4. The summed E-state index contributed by atoms with van der Waals surface area (Å²) in [6, 6.07) is 10.4. The van der Waals surface area contributed by atoms with E-state index in [2.05, 4.69) is 5.32 Å². The summed E-state index contributed by atoms with van der Waals surface area (Å²) in [5.41, 5.74) is 1.12. The lowest BCUT2D eigenvalue weighted by Gasteiger charge is -2.16. The van der Waals surface area contributed by atoms with Crippen LogP contribution in [0.4, 0.5) is 17.1 Å². The van der Waals surface area contributed by atoms with Crippen LogP contribution in [0.5, 0.6) is 0 Å². The van der Waals surface area contributed by atoms with Gasteiger partial charge in [-0.1, -0.05) is 17.7 Å². The van der Waals surface area contributed by atoms with Gasteiger partial charge in [-0.25, -0.2) is 4.79 Å². The van der Waals surface area contributed by atoms with Crippen molar-refractivity contribution in [2.24, 2.45) is 0 Å². The molecule has 0 aliphatic heterocycles. The fourth-order valence-corrected chi connectivity index (χ4v) is 2.37. The maximum atomic E-state index is 12.3. The Morgan fingerprint density at radius 2 is 1.93 bits per heavy atom. The lowest BCUT2D eigenvalue weighted by Crippen LogP contribution is -2.30. The van der Waals surface area contributed by atoms with Crippen LogP contribution in [0.2, 0.25) is 5.02 Å². The maximum absolute atomic E-state index is 12.3. The molecule has 2 aromatic carbocycles. The topological polar surface area (TPSA) is 102 Å². The zero-order chi connectivity index (χ0) is 20.1. The summed E-state index contributed by atoms with van der Waals surface area (Å²) in [4.78, 5) is 36.4. The number of benzene rings is 2. The first kappa shape index (κ1) is 20.2. The highest BCUT2D eigenvalue weighted by molar-refractivity contribution is 6.34. The van der Waals surface area contributed by atoms with E-state index in [1.54, 1.807) is 18.2 Å². The SMILES string of the molecule is C[C@@H](OC(=O)c1cccc(N(C)C)c1)C(=O)Nc1ccc([N+](=O)[O-])cc1Cl. The van der Waals surface area contributed by atoms with Crippen LogP contribution in [0, 0.1) is 10.1 Å². The molecule has 0 bridgehead atoms. The average Bonchev–Trinajstić information content (AvgIpc) is 2.63. The fraction of sp³-hybridized carbons (Fsp3) is 0.222. The van der Waals surface area contributed by atoms with Gasteiger partial charge in [0.2, 0.25) is 0 Å². The third-order valence-corrected chi connectivity index (χ3v) is 3.99. The number of hydrogen-bond acceptors (Lipinski definition) is 6. The number of rotatable bonds is 6. The second-order valence-corrected chi connectivity index (χ2v) is 6.31. The van der Waals surface area contributed by atoms with Crippen molar-refractivity contribution >= 4 is 40.5 Å². The first-order chi connectivity index (χ1) is 12.7. The van der Waals surface area contributed by atoms with Crippen molar-refractivity contribution in [2.45, 2.75) is 13.0 Å². The van der Waals surface area contributed by atoms with Crippen molar-refractivity contribution in [3.63, 3.8) is 0 Å². The van der Waals surface area contributed by atoms with Gasteiger partial charge in [0.05, 0.1) is 21.2 Å². The highest BCUT2D eigenvalue weighted by Gasteiger charge is 2.21. The average molecular weight is 392 g/mol. The number of carbonyl (C=O) groups excluding carboxylic acids is 2. The van der Waals surface area contributed by atoms with Crippen molar-refractivity contribution in [2.75, 3.05) is 24.3 Å². The number of ether oxygens (including phenoxy) is 1. The van der Waals surface area contributed by atoms with E-state index >= 15 is 0 Å². The molecule has 27 heavy (non-hydrogen) atoms. The van der Waals surface area contributed by atoms with Crippen LogP contribution >= 0.6 is 11.6 Å². The molecule has 0 aliphatic rings. The van der Waals surface area contributed by atoms with Crippen LogP contribution < -0.4 is 10.2 Å². The number of nitrogens with zero attached hydrogens (tertiary/aromatic N) is 2. The number of esters is 1. The lowest BCUT2D eigenvalue weighted by molar-refractivity contribution is -0.384. The molecule has 1 amide bonds. The Morgan fingerprint density at radius 3 is 2.52 bits per heavy atom. The Balaban J connectivity index is 2.04. The summed E-state index contributed by atoms with van der Waals surface area (Å²) in [5.74, 6) is -1.25. The number of carbonyl (C=O) groups is 2. The molecule has 0 aliphatic carbocycles. The number of nitro groups is 1. The van der Waals surface area contributed by atoms with E-state index in [0.717, 1.165) is 11.8 Å². The van der Waals surface area contributed by atoms with Crippen LogP contribution in [0.15, 0.2) is 42.5 Å². The van der Waals surface area contributed by atoms with Crippen molar-refractivity contribution in [3.8, 4) is 0 Å². The van der Waals surface area contributed by atoms with Crippen LogP contribution in [0.3, 0.4) is 0 Å². The molecule has 0 fully saturated rings. The summed E-state index contributed by atoms with van der Waals surface area (Å²) in [6.45, 7) is 1.42. The molecule has 1 N–H and O–H groups in total. The fourth-order valence-electron chi connectivity index (χ4n) is 2.15. The number of halogens is 1. The van der Waals surface area contributed by atoms with Gasteiger partial charge in [0.15, 0.2) is 6.10 Å². The quantitative estimate of drug-likeness (QED) is 0.459. The van der Waals surface area contributed by atoms with E-state index in [9.17, 15) is 19.7 Å². The van der Waals surface area contributed by atoms with Crippen LogP contribution in [-0.2, 0) is 9.53 Å². The summed E-state index contributed by atoms with van der Waals surface area (Å²) < 4.78 is 5.19. The molecular formula is C18H18ClN3O5. The largest absolute Gasteiger partial charge is 0.449 e. The Labute approximate surface area is 160 Å². The van der Waals surface area contributed by atoms with Gasteiger partial charge in [0.1, 0.15) is 0 Å². The molecule has 0 heterocycles. The molecule has 9 heteroatoms. The minimum Gasteiger partial charge on any atom is -0.449 e. The zero-order valence-corrected chi connectivity index (χ0v) is 15.7. The number of amides is 1. The van der Waals surface area contributed by atoms with Gasteiger partial charge in [-0.3, -0.25) is 14.9 Å². The van der Waals surface area contributed by atoms with E-state index in [0.29, 0.717) is 5.56 Å². The molecule has 0 unspecified atom stereocenters. The lowest BCUT2D eigenvalue weighted by atomic mass is 10.2. The van der Waals surface area contributed by atoms with Gasteiger partial charge >= 0.3 is 5.97 Å². The Morgan fingerprint density at radius 1 is 1.22 bits per heavy atom. The number of hydrogen-bond donors (Lipinski definition) is 1. The first-order valence-electron chi connectivity index (χ1n) is 7.92. The molecule has 2 aromatic rings. The summed E-state index contributed by atoms with van der Waals surface area (Å²) in [7, 11) is 3.68. The van der Waals surface area contributed by atoms with E-state index in [1.165, 1.54) is 19.1 Å². The van der Waals surface area contributed by atoms with E-state index in [4.69, 9.17) is 16.3 Å². The maximum Gasteiger partial charge on any atom is 0.338 e. The number of nitro benzene ring substituents is 1. The number of non-ortho nitro benzene ring substituents is 1. The second-order valence-electron chi connectivity index (χ2n) is 5.90. The minimum atomic E-state index is -1.09. The zero-order valence-electron chi connectivity index (χ0n) is 14.9. The molecule has 142 valence electrons. The molecule has 2 rings (SSSR count). The standard InChI is InChI=1S/C18H18ClN3O5/c1-11(27-18(24)12-5-4-6-13(9-12)21(2)3)17(23)20-16-8-7-14(22(25)26)10-15(16)19/h4-11H,1-3H3,(H,20,23)/t11-/m1/s1. The number of nitrogens with one attached hydrogen (secondary N) is 1. The first-order valence-corrected chi connectivity index (χ1v) is 8.30. The molecule has 0 aromatic heterocycles. The minimum absolute atomic E-state index is 0.00904. The van der Waals surface area contributed by atoms with Crippen LogP contribution in [-0.4, -0.2) is 37.0 Å². The third kappa shape index (κ3) is 5.18. The highest BCUT2D eigenvalue weighted by Crippen LogP contribution is 2.26. The highest BCUT2D eigenvalue weighted by atomic mass is 35.5. The summed E-state index contributed by atoms with van der Waals surface area (Å²) in [5, 5.41) is 13.2. The van der Waals surface area contributed by atoms with Crippen molar-refractivity contribution in [3.05, 3.63) is 63.2 Å². The molecule has 0 spiro atoms. The van der Waals surface area contributed by atoms with Gasteiger partial charge in [-0.15, -0.1) is 0 Å². The Kier molecular flexibility index (Phi) is 6.36. The van der Waals surface area contributed by atoms with E-state index in [1.807, 2.05) is 25.1 Å². The Hall–Kier alpha value is -3.13. The monoisotopic (exact) mass is 391 g/mol. The molecule has 0 saturated carbocycles. The van der Waals surface area contributed by atoms with Crippen molar-refractivity contribution in [1.82, 2.24) is 0 Å². The summed E-state index contributed by atoms with van der Waals surface area (Å²) in [6.07, 6.45) is -1.09. The van der Waals surface area contributed by atoms with Gasteiger partial charge < -0.3 is 15.0 Å². The van der Waals surface area contributed by atoms with Crippen LogP contribution in [0.1, 0.15) is 17.3 Å². The molecule has 8 nitrogen and oxygen atoms in total. The van der Waals surface area contributed by atoms with E-state index in [-0.39, 0.29) is 16.4 Å². The number of anilines is 2. The second kappa shape index (κ2) is 8.50. The third-order valence-electron chi connectivity index (χ3n) is 3.67. The van der Waals surface area contributed by atoms with Crippen molar-refractivity contribution in [1.29, 1.82) is 0 Å². The predicted molar refractivity (Wildman–Crippen MR) is 102 cm³/mol. The van der Waals surface area contributed by atoms with Gasteiger partial charge in [-0.05, 0) is 31.2 Å². The van der Waals surface area contributed by atoms with E-state index < -0.39 is 22.9 Å². The van der Waals surface area contributed by atoms with Crippen LogP contribution in [0.25, 0.3) is 0 Å². The molecule has 0 saturated heterocycles. The molecule has 1 atom stereocenters. The Bertz CT molecular complexity index is 885. The van der Waals surface area contributed by atoms with Crippen molar-refractivity contribution < 1.29 is 19.2 Å². The molecular weight excluding hydrogens is 374 g/mol. The molecule has 0 radical (unpaired) electrons. The van der Waals surface area contributed by atoms with Gasteiger partial charge in [0, 0.05) is 31.9 Å².